The van der Waals surface area contributed by atoms with E-state index in [1.54, 1.807) is 26.2 Å². The summed E-state index contributed by atoms with van der Waals surface area (Å²) in [7, 11) is 1.25. The molecule has 1 aromatic carbocycles. The molecule has 34 heavy (non-hydrogen) atoms. The smallest absolute Gasteiger partial charge is 0.464 e. The van der Waals surface area contributed by atoms with Gasteiger partial charge in [0.05, 0.1) is 43.2 Å². The van der Waals surface area contributed by atoms with Gasteiger partial charge < -0.3 is 28.3 Å². The van der Waals surface area contributed by atoms with Crippen LogP contribution in [0.3, 0.4) is 0 Å². The Hall–Kier alpha value is -2.19. The molecule has 0 spiro atoms. The first kappa shape index (κ1) is 28.1. The molecule has 0 N–H and O–H groups in total. The molecule has 0 saturated carbocycles. The Morgan fingerprint density at radius 1 is 1.09 bits per heavy atom. The van der Waals surface area contributed by atoms with Gasteiger partial charge in [0.15, 0.2) is 0 Å². The van der Waals surface area contributed by atoms with Crippen LogP contribution in [-0.4, -0.2) is 50.7 Å². The van der Waals surface area contributed by atoms with E-state index in [-0.39, 0.29) is 42.6 Å². The molecule has 1 aliphatic rings. The lowest BCUT2D eigenvalue weighted by Gasteiger charge is -2.32. The number of methoxy groups -OCH3 is 1. The van der Waals surface area contributed by atoms with E-state index in [2.05, 4.69) is 6.92 Å². The van der Waals surface area contributed by atoms with E-state index < -0.39 is 0 Å². The molecular formula is C26H41BO7. The maximum atomic E-state index is 12.0. The Morgan fingerprint density at radius 3 is 2.26 bits per heavy atom. The van der Waals surface area contributed by atoms with E-state index in [1.165, 1.54) is 0 Å². The lowest BCUT2D eigenvalue weighted by Crippen LogP contribution is -2.41. The molecule has 0 aliphatic carbocycles. The van der Waals surface area contributed by atoms with Gasteiger partial charge >= 0.3 is 13.1 Å². The van der Waals surface area contributed by atoms with E-state index >= 15 is 0 Å². The van der Waals surface area contributed by atoms with Gasteiger partial charge in [0, 0.05) is 23.0 Å². The molecule has 8 heteroatoms. The number of hydrogen-bond donors (Lipinski definition) is 0. The third-order valence-corrected chi connectivity index (χ3v) is 6.76. The van der Waals surface area contributed by atoms with Gasteiger partial charge in [-0.25, -0.2) is 0 Å². The number of ether oxygens (including phenoxy) is 4. The van der Waals surface area contributed by atoms with Gasteiger partial charge in [-0.1, -0.05) is 13.0 Å². The molecule has 2 rings (SSSR count). The van der Waals surface area contributed by atoms with E-state index in [0.717, 1.165) is 16.9 Å². The number of hydrogen-bond acceptors (Lipinski definition) is 7. The molecule has 1 fully saturated rings. The van der Waals surface area contributed by atoms with Crippen LogP contribution < -0.4 is 9.47 Å². The zero-order valence-corrected chi connectivity index (χ0v) is 22.4. The summed E-state index contributed by atoms with van der Waals surface area (Å²) in [4.78, 5) is 12.0. The summed E-state index contributed by atoms with van der Waals surface area (Å²) in [6.45, 7) is 18.6. The van der Waals surface area contributed by atoms with Gasteiger partial charge in [0.25, 0.3) is 0 Å². The molecule has 0 radical (unpaired) electrons. The van der Waals surface area contributed by atoms with Gasteiger partial charge in [-0.15, -0.1) is 0 Å². The zero-order valence-electron chi connectivity index (χ0n) is 22.4. The quantitative estimate of drug-likeness (QED) is 0.242. The summed E-state index contributed by atoms with van der Waals surface area (Å²) in [5.74, 6) is 1.75. The third kappa shape index (κ3) is 6.92. The molecule has 0 aromatic heterocycles. The number of allylic oxidation sites excluding steroid dienone is 1. The number of esters is 1. The molecule has 190 valence electrons. The zero-order chi connectivity index (χ0) is 25.7. The van der Waals surface area contributed by atoms with Crippen molar-refractivity contribution in [1.29, 1.82) is 0 Å². The predicted octanol–water partition coefficient (Wildman–Crippen LogP) is 5.36. The molecule has 7 nitrogen and oxygen atoms in total. The first-order chi connectivity index (χ1) is 15.8. The second kappa shape index (κ2) is 11.5. The van der Waals surface area contributed by atoms with Crippen LogP contribution in [0.25, 0.3) is 0 Å². The lowest BCUT2D eigenvalue weighted by molar-refractivity contribution is -0.142. The molecule has 1 aliphatic heterocycles. The van der Waals surface area contributed by atoms with Crippen LogP contribution in [0.2, 0.25) is 5.82 Å². The van der Waals surface area contributed by atoms with Crippen LogP contribution >= 0.6 is 0 Å². The molecule has 0 bridgehead atoms. The molecule has 1 unspecified atom stereocenters. The van der Waals surface area contributed by atoms with Crippen molar-refractivity contribution in [1.82, 2.24) is 0 Å². The predicted molar refractivity (Wildman–Crippen MR) is 133 cm³/mol. The second-order valence-electron chi connectivity index (χ2n) is 9.89. The first-order valence-electron chi connectivity index (χ1n) is 11.9. The molecule has 1 aromatic rings. The van der Waals surface area contributed by atoms with Gasteiger partial charge in [-0.05, 0) is 61.5 Å². The monoisotopic (exact) mass is 476 g/mol. The van der Waals surface area contributed by atoms with E-state index in [1.807, 2.05) is 54.5 Å². The van der Waals surface area contributed by atoms with Crippen molar-refractivity contribution in [3.63, 3.8) is 0 Å². The van der Waals surface area contributed by atoms with Crippen molar-refractivity contribution >= 4 is 13.1 Å². The minimum absolute atomic E-state index is 0.0271. The second-order valence-corrected chi connectivity index (χ2v) is 9.89. The third-order valence-electron chi connectivity index (χ3n) is 6.76. The van der Waals surface area contributed by atoms with Gasteiger partial charge in [-0.2, -0.15) is 0 Å². The fourth-order valence-electron chi connectivity index (χ4n) is 3.41. The Kier molecular flexibility index (Phi) is 9.49. The van der Waals surface area contributed by atoms with Crippen LogP contribution in [-0.2, 0) is 30.0 Å². The molecule has 1 heterocycles. The van der Waals surface area contributed by atoms with Gasteiger partial charge in [0.2, 0.25) is 0 Å². The van der Waals surface area contributed by atoms with E-state index in [0.29, 0.717) is 24.7 Å². The largest absolute Gasteiger partial charge is 0.497 e. The SMILES string of the molecule is CCOC(=O)Cc1ccc(OC)cc1OC/C(C)=C(\C)OC(C)[C@H](C)B1OC(C)(C)C(C)(C)O1. The van der Waals surface area contributed by atoms with Crippen LogP contribution in [0, 0.1) is 0 Å². The minimum atomic E-state index is -0.377. The normalized spacial score (nSPS) is 19.2. The number of carbonyl (C=O) groups is 1. The Balaban J connectivity index is 2.04. The van der Waals surface area contributed by atoms with Crippen molar-refractivity contribution in [3.05, 3.63) is 35.1 Å². The summed E-state index contributed by atoms with van der Waals surface area (Å²) in [5.41, 5.74) is 0.933. The molecule has 1 saturated heterocycles. The summed E-state index contributed by atoms with van der Waals surface area (Å²) in [6, 6.07) is 5.40. The van der Waals surface area contributed by atoms with Gasteiger partial charge in [0.1, 0.15) is 18.1 Å². The molecule has 2 atom stereocenters. The highest BCUT2D eigenvalue weighted by Crippen LogP contribution is 2.41. The van der Waals surface area contributed by atoms with Crippen molar-refractivity contribution in [2.75, 3.05) is 20.3 Å². The summed E-state index contributed by atoms with van der Waals surface area (Å²) < 4.78 is 35.1. The summed E-state index contributed by atoms with van der Waals surface area (Å²) in [6.07, 6.45) is 0.00876. The highest BCUT2D eigenvalue weighted by molar-refractivity contribution is 6.47. The van der Waals surface area contributed by atoms with Crippen LogP contribution in [0.1, 0.15) is 67.9 Å². The van der Waals surface area contributed by atoms with E-state index in [9.17, 15) is 4.79 Å². The Labute approximate surface area is 205 Å². The number of carbonyl (C=O) groups excluding carboxylic acids is 1. The average molecular weight is 476 g/mol. The number of rotatable bonds is 11. The maximum Gasteiger partial charge on any atom is 0.464 e. The van der Waals surface area contributed by atoms with Crippen LogP contribution in [0.5, 0.6) is 11.5 Å². The number of benzene rings is 1. The Bertz CT molecular complexity index is 862. The van der Waals surface area contributed by atoms with Crippen molar-refractivity contribution in [2.45, 2.75) is 91.9 Å². The van der Waals surface area contributed by atoms with Gasteiger partial charge in [-0.3, -0.25) is 4.79 Å². The van der Waals surface area contributed by atoms with Crippen molar-refractivity contribution in [3.8, 4) is 11.5 Å². The molecular weight excluding hydrogens is 435 g/mol. The maximum absolute atomic E-state index is 12.0. The average Bonchev–Trinajstić information content (AvgIpc) is 2.98. The first-order valence-corrected chi connectivity index (χ1v) is 11.9. The fraction of sp³-hybridized carbons (Fsp3) is 0.654. The molecule has 0 amide bonds. The van der Waals surface area contributed by atoms with Crippen molar-refractivity contribution in [2.24, 2.45) is 0 Å². The van der Waals surface area contributed by atoms with Crippen LogP contribution in [0.4, 0.5) is 0 Å². The van der Waals surface area contributed by atoms with Crippen LogP contribution in [0.15, 0.2) is 29.5 Å². The Morgan fingerprint density at radius 2 is 1.71 bits per heavy atom. The van der Waals surface area contributed by atoms with Crippen molar-refractivity contribution < 1.29 is 33.1 Å². The summed E-state index contributed by atoms with van der Waals surface area (Å²) >= 11 is 0. The lowest BCUT2D eigenvalue weighted by atomic mass is 9.70. The highest BCUT2D eigenvalue weighted by atomic mass is 16.7. The fourth-order valence-corrected chi connectivity index (χ4v) is 3.41. The van der Waals surface area contributed by atoms with E-state index in [4.69, 9.17) is 28.3 Å². The highest BCUT2D eigenvalue weighted by Gasteiger charge is 2.53. The summed E-state index contributed by atoms with van der Waals surface area (Å²) in [5, 5.41) is 0. The standard InChI is InChI=1S/C26H41BO7/c1-11-30-24(28)14-21-12-13-22(29-10)15-23(21)31-16-17(2)19(4)32-20(5)18(3)27-33-25(6,7)26(8,9)34-27/h12-13,15,18,20H,11,14,16H2,1-10H3/b19-17+/t18-,20?/m0/s1. The topological polar surface area (TPSA) is 72.5 Å². The minimum Gasteiger partial charge on any atom is -0.497 e.